The first-order valence-corrected chi connectivity index (χ1v) is 6.56. The highest BCUT2D eigenvalue weighted by Crippen LogP contribution is 2.29. The lowest BCUT2D eigenvalue weighted by Crippen LogP contribution is -2.34. The van der Waals surface area contributed by atoms with Crippen LogP contribution in [-0.2, 0) is 16.1 Å². The van der Waals surface area contributed by atoms with Gasteiger partial charge in [-0.3, -0.25) is 14.6 Å². The molecule has 0 aliphatic heterocycles. The Morgan fingerprint density at radius 2 is 1.74 bits per heavy atom. The minimum Gasteiger partial charge on any atom is -0.481 e. The number of hydrogen-bond donors (Lipinski definition) is 2. The number of carbonyl (C=O) groups excluding carboxylic acids is 1. The maximum atomic E-state index is 12.0. The molecule has 1 aliphatic rings. The number of pyridine rings is 1. The molecule has 102 valence electrons. The lowest BCUT2D eigenvalue weighted by Gasteiger charge is -2.25. The first-order chi connectivity index (χ1) is 9.16. The van der Waals surface area contributed by atoms with E-state index < -0.39 is 5.97 Å². The Morgan fingerprint density at radius 3 is 2.32 bits per heavy atom. The molecule has 1 aromatic heterocycles. The highest BCUT2D eigenvalue weighted by atomic mass is 16.4. The van der Waals surface area contributed by atoms with Crippen molar-refractivity contribution in [1.82, 2.24) is 10.3 Å². The van der Waals surface area contributed by atoms with Crippen molar-refractivity contribution in [2.75, 3.05) is 0 Å². The lowest BCUT2D eigenvalue weighted by molar-refractivity contribution is -0.144. The topological polar surface area (TPSA) is 79.3 Å². The first-order valence-electron chi connectivity index (χ1n) is 6.56. The molecule has 5 nitrogen and oxygen atoms in total. The van der Waals surface area contributed by atoms with Crippen LogP contribution in [0.25, 0.3) is 0 Å². The van der Waals surface area contributed by atoms with Crippen LogP contribution in [0.2, 0.25) is 0 Å². The zero-order valence-corrected chi connectivity index (χ0v) is 10.7. The molecule has 1 amide bonds. The number of carboxylic acid groups (broad SMARTS) is 1. The van der Waals surface area contributed by atoms with E-state index in [-0.39, 0.29) is 17.7 Å². The summed E-state index contributed by atoms with van der Waals surface area (Å²) >= 11 is 0. The standard InChI is InChI=1S/C14H18N2O3/c17-13(16-9-10-5-7-15-8-6-10)11-1-3-12(4-2-11)14(18)19/h5-8,11-12H,1-4,9H2,(H,16,17)(H,18,19). The van der Waals surface area contributed by atoms with E-state index in [9.17, 15) is 9.59 Å². The SMILES string of the molecule is O=C(O)C1CCC(C(=O)NCc2ccncc2)CC1. The second-order valence-electron chi connectivity index (χ2n) is 4.96. The maximum Gasteiger partial charge on any atom is 0.306 e. The molecule has 0 spiro atoms. The Morgan fingerprint density at radius 1 is 1.16 bits per heavy atom. The zero-order chi connectivity index (χ0) is 13.7. The Hall–Kier alpha value is -1.91. The minimum absolute atomic E-state index is 0.0284. The maximum absolute atomic E-state index is 12.0. The summed E-state index contributed by atoms with van der Waals surface area (Å²) in [5.74, 6) is -1.03. The van der Waals surface area contributed by atoms with Crippen molar-refractivity contribution in [3.05, 3.63) is 30.1 Å². The molecule has 0 radical (unpaired) electrons. The van der Waals surface area contributed by atoms with E-state index in [1.807, 2.05) is 12.1 Å². The molecule has 1 aliphatic carbocycles. The molecule has 0 saturated heterocycles. The summed E-state index contributed by atoms with van der Waals surface area (Å²) in [5, 5.41) is 11.8. The second-order valence-corrected chi connectivity index (χ2v) is 4.96. The van der Waals surface area contributed by atoms with Crippen LogP contribution in [-0.4, -0.2) is 22.0 Å². The van der Waals surface area contributed by atoms with Gasteiger partial charge in [0.15, 0.2) is 0 Å². The van der Waals surface area contributed by atoms with Crippen molar-refractivity contribution in [3.63, 3.8) is 0 Å². The molecule has 1 fully saturated rings. The molecule has 0 bridgehead atoms. The third-order valence-electron chi connectivity index (χ3n) is 3.66. The van der Waals surface area contributed by atoms with Crippen LogP contribution >= 0.6 is 0 Å². The van der Waals surface area contributed by atoms with Crippen molar-refractivity contribution in [3.8, 4) is 0 Å². The fourth-order valence-corrected chi connectivity index (χ4v) is 2.44. The number of rotatable bonds is 4. The van der Waals surface area contributed by atoms with Crippen LogP contribution in [0.3, 0.4) is 0 Å². The molecule has 1 saturated carbocycles. The van der Waals surface area contributed by atoms with E-state index in [0.29, 0.717) is 32.2 Å². The molecule has 5 heteroatoms. The van der Waals surface area contributed by atoms with Crippen molar-refractivity contribution in [2.45, 2.75) is 32.2 Å². The highest BCUT2D eigenvalue weighted by molar-refractivity contribution is 5.79. The van der Waals surface area contributed by atoms with Gasteiger partial charge in [0.1, 0.15) is 0 Å². The summed E-state index contributed by atoms with van der Waals surface area (Å²) in [6.07, 6.45) is 5.92. The Labute approximate surface area is 112 Å². The quantitative estimate of drug-likeness (QED) is 0.863. The van der Waals surface area contributed by atoms with Crippen LogP contribution in [0, 0.1) is 11.8 Å². The number of carbonyl (C=O) groups is 2. The van der Waals surface area contributed by atoms with Crippen molar-refractivity contribution in [2.24, 2.45) is 11.8 Å². The third-order valence-corrected chi connectivity index (χ3v) is 3.66. The Balaban J connectivity index is 1.77. The van der Waals surface area contributed by atoms with Gasteiger partial charge in [0, 0.05) is 24.9 Å². The van der Waals surface area contributed by atoms with Crippen molar-refractivity contribution in [1.29, 1.82) is 0 Å². The molecule has 1 heterocycles. The molecule has 1 aromatic rings. The van der Waals surface area contributed by atoms with Crippen LogP contribution in [0.1, 0.15) is 31.2 Å². The molecule has 2 rings (SSSR count). The van der Waals surface area contributed by atoms with Gasteiger partial charge in [-0.25, -0.2) is 0 Å². The normalized spacial score (nSPS) is 22.7. The summed E-state index contributed by atoms with van der Waals surface area (Å²) in [7, 11) is 0. The second kappa shape index (κ2) is 6.31. The number of carboxylic acids is 1. The fraction of sp³-hybridized carbons (Fsp3) is 0.500. The summed E-state index contributed by atoms with van der Waals surface area (Å²) in [6.45, 7) is 0.500. The average Bonchev–Trinajstić information content (AvgIpc) is 2.46. The van der Waals surface area contributed by atoms with Gasteiger partial charge in [0.05, 0.1) is 5.92 Å². The van der Waals surface area contributed by atoms with Crippen molar-refractivity contribution >= 4 is 11.9 Å². The van der Waals surface area contributed by atoms with Gasteiger partial charge in [-0.2, -0.15) is 0 Å². The predicted molar refractivity (Wildman–Crippen MR) is 69.2 cm³/mol. The molecule has 0 unspecified atom stereocenters. The van der Waals surface area contributed by atoms with Crippen LogP contribution < -0.4 is 5.32 Å². The zero-order valence-electron chi connectivity index (χ0n) is 10.7. The third kappa shape index (κ3) is 3.77. The van der Waals surface area contributed by atoms with Gasteiger partial charge in [-0.05, 0) is 43.4 Å². The van der Waals surface area contributed by atoms with Gasteiger partial charge in [0.2, 0.25) is 5.91 Å². The van der Waals surface area contributed by atoms with Crippen LogP contribution in [0.5, 0.6) is 0 Å². The Bertz CT molecular complexity index is 439. The van der Waals surface area contributed by atoms with Gasteiger partial charge < -0.3 is 10.4 Å². The smallest absolute Gasteiger partial charge is 0.306 e. The number of nitrogens with zero attached hydrogens (tertiary/aromatic N) is 1. The molecule has 2 N–H and O–H groups in total. The summed E-state index contributed by atoms with van der Waals surface area (Å²) in [4.78, 5) is 26.7. The van der Waals surface area contributed by atoms with Gasteiger partial charge in [-0.1, -0.05) is 0 Å². The molecule has 0 aromatic carbocycles. The van der Waals surface area contributed by atoms with Gasteiger partial charge in [-0.15, -0.1) is 0 Å². The van der Waals surface area contributed by atoms with E-state index >= 15 is 0 Å². The van der Waals surface area contributed by atoms with Gasteiger partial charge >= 0.3 is 5.97 Å². The largest absolute Gasteiger partial charge is 0.481 e. The first kappa shape index (κ1) is 13.5. The molecule has 19 heavy (non-hydrogen) atoms. The number of amides is 1. The minimum atomic E-state index is -0.740. The van der Waals surface area contributed by atoms with Crippen LogP contribution in [0.15, 0.2) is 24.5 Å². The van der Waals surface area contributed by atoms with E-state index in [4.69, 9.17) is 5.11 Å². The number of aromatic nitrogens is 1. The number of hydrogen-bond acceptors (Lipinski definition) is 3. The lowest BCUT2D eigenvalue weighted by atomic mass is 9.81. The summed E-state index contributed by atoms with van der Waals surface area (Å²) in [5.41, 5.74) is 1.02. The predicted octanol–water partition coefficient (Wildman–Crippen LogP) is 1.59. The molecular formula is C14H18N2O3. The van der Waals surface area contributed by atoms with Gasteiger partial charge in [0.25, 0.3) is 0 Å². The fourth-order valence-electron chi connectivity index (χ4n) is 2.44. The summed E-state index contributed by atoms with van der Waals surface area (Å²) in [6, 6.07) is 3.73. The van der Waals surface area contributed by atoms with Crippen LogP contribution in [0.4, 0.5) is 0 Å². The van der Waals surface area contributed by atoms with E-state index in [1.54, 1.807) is 12.4 Å². The average molecular weight is 262 g/mol. The van der Waals surface area contributed by atoms with E-state index in [1.165, 1.54) is 0 Å². The Kier molecular flexibility index (Phi) is 4.49. The number of aliphatic carboxylic acids is 1. The monoisotopic (exact) mass is 262 g/mol. The number of nitrogens with one attached hydrogen (secondary N) is 1. The van der Waals surface area contributed by atoms with E-state index in [2.05, 4.69) is 10.3 Å². The summed E-state index contributed by atoms with van der Waals surface area (Å²) < 4.78 is 0. The van der Waals surface area contributed by atoms with E-state index in [0.717, 1.165) is 5.56 Å². The van der Waals surface area contributed by atoms with Crippen molar-refractivity contribution < 1.29 is 14.7 Å². The molecular weight excluding hydrogens is 244 g/mol. The highest BCUT2D eigenvalue weighted by Gasteiger charge is 2.29. The molecule has 0 atom stereocenters.